The van der Waals surface area contributed by atoms with Crippen molar-refractivity contribution in [1.29, 1.82) is 5.26 Å². The van der Waals surface area contributed by atoms with Crippen LogP contribution in [0.1, 0.15) is 52.1 Å². The van der Waals surface area contributed by atoms with E-state index < -0.39 is 0 Å². The zero-order chi connectivity index (χ0) is 15.8. The predicted molar refractivity (Wildman–Crippen MR) is 85.8 cm³/mol. The summed E-state index contributed by atoms with van der Waals surface area (Å²) in [6, 6.07) is 7.45. The lowest BCUT2D eigenvalue weighted by molar-refractivity contribution is 0.557. The molecule has 0 radical (unpaired) electrons. The number of benzene rings is 1. The van der Waals surface area contributed by atoms with E-state index >= 15 is 0 Å². The van der Waals surface area contributed by atoms with Crippen LogP contribution in [0.2, 0.25) is 0 Å². The molecule has 0 heterocycles. The highest BCUT2D eigenvalue weighted by atomic mass is 19.1. The van der Waals surface area contributed by atoms with E-state index in [2.05, 4.69) is 44.0 Å². The summed E-state index contributed by atoms with van der Waals surface area (Å²) in [6.07, 6.45) is 1.50. The fourth-order valence-corrected chi connectivity index (χ4v) is 2.43. The molecule has 0 amide bonds. The Morgan fingerprint density at radius 3 is 2.62 bits per heavy atom. The van der Waals surface area contributed by atoms with Gasteiger partial charge in [0.05, 0.1) is 12.5 Å². The van der Waals surface area contributed by atoms with Gasteiger partial charge in [0.25, 0.3) is 0 Å². The van der Waals surface area contributed by atoms with E-state index in [9.17, 15) is 4.39 Å². The molecular formula is C17H26FN3. The highest BCUT2D eigenvalue weighted by Crippen LogP contribution is 2.29. The van der Waals surface area contributed by atoms with Crippen LogP contribution in [0.4, 0.5) is 10.1 Å². The molecule has 0 spiro atoms. The monoisotopic (exact) mass is 291 g/mol. The average Bonchev–Trinajstić information content (AvgIpc) is 2.46. The second-order valence-corrected chi connectivity index (χ2v) is 5.57. The number of rotatable bonds is 8. The molecule has 0 saturated carbocycles. The van der Waals surface area contributed by atoms with Gasteiger partial charge in [-0.1, -0.05) is 6.92 Å². The normalized spacial score (nSPS) is 12.2. The van der Waals surface area contributed by atoms with Crippen molar-refractivity contribution in [2.75, 3.05) is 18.0 Å². The highest BCUT2D eigenvalue weighted by Gasteiger charge is 2.18. The lowest BCUT2D eigenvalue weighted by Gasteiger charge is -2.32. The molecule has 1 rings (SSSR count). The van der Waals surface area contributed by atoms with Crippen LogP contribution >= 0.6 is 0 Å². The Kier molecular flexibility index (Phi) is 7.18. The summed E-state index contributed by atoms with van der Waals surface area (Å²) in [5.41, 5.74) is 1.97. The minimum absolute atomic E-state index is 0.0824. The van der Waals surface area contributed by atoms with Crippen LogP contribution in [0.5, 0.6) is 0 Å². The third-order valence-electron chi connectivity index (χ3n) is 3.55. The molecule has 116 valence electrons. The summed E-state index contributed by atoms with van der Waals surface area (Å²) >= 11 is 0. The number of halogens is 1. The van der Waals surface area contributed by atoms with E-state index in [1.807, 2.05) is 6.07 Å². The number of nitrogens with zero attached hydrogens (tertiary/aromatic N) is 2. The number of hydrogen-bond acceptors (Lipinski definition) is 3. The van der Waals surface area contributed by atoms with Crippen molar-refractivity contribution >= 4 is 5.69 Å². The molecule has 1 unspecified atom stereocenters. The SMILES string of the molecule is CCCNC(C)c1cc(F)ccc1N(CCC#N)C(C)C. The van der Waals surface area contributed by atoms with Crippen LogP contribution in [-0.4, -0.2) is 19.1 Å². The minimum Gasteiger partial charge on any atom is -0.368 e. The van der Waals surface area contributed by atoms with Crippen molar-refractivity contribution in [3.05, 3.63) is 29.6 Å². The quantitative estimate of drug-likeness (QED) is 0.786. The summed E-state index contributed by atoms with van der Waals surface area (Å²) in [4.78, 5) is 2.17. The van der Waals surface area contributed by atoms with E-state index in [1.165, 1.54) is 6.07 Å². The zero-order valence-electron chi connectivity index (χ0n) is 13.5. The van der Waals surface area contributed by atoms with Gasteiger partial charge in [-0.3, -0.25) is 0 Å². The Bertz CT molecular complexity index is 479. The lowest BCUT2D eigenvalue weighted by Crippen LogP contribution is -2.33. The Hall–Kier alpha value is -1.60. The predicted octanol–water partition coefficient (Wildman–Crippen LogP) is 4.01. The Morgan fingerprint density at radius 2 is 2.05 bits per heavy atom. The smallest absolute Gasteiger partial charge is 0.123 e. The summed E-state index contributed by atoms with van der Waals surface area (Å²) in [6.45, 7) is 9.91. The molecule has 1 N–H and O–H groups in total. The third kappa shape index (κ3) is 5.02. The molecule has 3 nitrogen and oxygen atoms in total. The van der Waals surface area contributed by atoms with Crippen molar-refractivity contribution in [1.82, 2.24) is 5.32 Å². The molecule has 1 aromatic rings. The van der Waals surface area contributed by atoms with Gasteiger partial charge in [-0.2, -0.15) is 5.26 Å². The van der Waals surface area contributed by atoms with Crippen LogP contribution in [-0.2, 0) is 0 Å². The second-order valence-electron chi connectivity index (χ2n) is 5.57. The van der Waals surface area contributed by atoms with Gasteiger partial charge in [-0.05, 0) is 57.5 Å². The summed E-state index contributed by atoms with van der Waals surface area (Å²) in [5, 5.41) is 12.2. The van der Waals surface area contributed by atoms with Gasteiger partial charge in [0.1, 0.15) is 5.82 Å². The Labute approximate surface area is 127 Å². The molecule has 0 aromatic heterocycles. The van der Waals surface area contributed by atoms with Crippen LogP contribution in [0.3, 0.4) is 0 Å². The molecule has 0 fully saturated rings. The van der Waals surface area contributed by atoms with Crippen molar-refractivity contribution in [3.63, 3.8) is 0 Å². The average molecular weight is 291 g/mol. The van der Waals surface area contributed by atoms with Gasteiger partial charge in [0, 0.05) is 24.3 Å². The van der Waals surface area contributed by atoms with E-state index in [0.29, 0.717) is 13.0 Å². The number of nitrogens with one attached hydrogen (secondary N) is 1. The highest BCUT2D eigenvalue weighted by molar-refractivity contribution is 5.56. The molecule has 21 heavy (non-hydrogen) atoms. The summed E-state index contributed by atoms with van der Waals surface area (Å²) in [5.74, 6) is -0.220. The fourth-order valence-electron chi connectivity index (χ4n) is 2.43. The number of nitriles is 1. The molecule has 0 saturated heterocycles. The van der Waals surface area contributed by atoms with Crippen molar-refractivity contribution in [2.24, 2.45) is 0 Å². The maximum absolute atomic E-state index is 13.6. The standard InChI is InChI=1S/C17H26FN3/c1-5-10-20-14(4)16-12-15(18)7-8-17(16)21(13(2)3)11-6-9-19/h7-8,12-14,20H,5-6,10-11H2,1-4H3. The van der Waals surface area contributed by atoms with Gasteiger partial charge in [0.2, 0.25) is 0 Å². The maximum atomic E-state index is 13.6. The van der Waals surface area contributed by atoms with Gasteiger partial charge < -0.3 is 10.2 Å². The first-order chi connectivity index (χ1) is 10.0. The van der Waals surface area contributed by atoms with Crippen LogP contribution in [0.25, 0.3) is 0 Å². The van der Waals surface area contributed by atoms with Crippen molar-refractivity contribution in [3.8, 4) is 6.07 Å². The van der Waals surface area contributed by atoms with Crippen LogP contribution in [0, 0.1) is 17.1 Å². The lowest BCUT2D eigenvalue weighted by atomic mass is 10.0. The van der Waals surface area contributed by atoms with E-state index in [4.69, 9.17) is 5.26 Å². The number of hydrogen-bond donors (Lipinski definition) is 1. The molecule has 0 bridgehead atoms. The molecule has 0 aliphatic rings. The topological polar surface area (TPSA) is 39.1 Å². The van der Waals surface area contributed by atoms with Gasteiger partial charge in [-0.25, -0.2) is 4.39 Å². The summed E-state index contributed by atoms with van der Waals surface area (Å²) in [7, 11) is 0. The molecule has 0 aliphatic heterocycles. The maximum Gasteiger partial charge on any atom is 0.123 e. The molecule has 0 aliphatic carbocycles. The molecule has 1 atom stereocenters. The fraction of sp³-hybridized carbons (Fsp3) is 0.588. The molecule has 1 aromatic carbocycles. The van der Waals surface area contributed by atoms with Crippen LogP contribution < -0.4 is 10.2 Å². The van der Waals surface area contributed by atoms with E-state index in [1.54, 1.807) is 6.07 Å². The largest absolute Gasteiger partial charge is 0.368 e. The summed E-state index contributed by atoms with van der Waals surface area (Å²) < 4.78 is 13.6. The van der Waals surface area contributed by atoms with Crippen molar-refractivity contribution < 1.29 is 4.39 Å². The zero-order valence-corrected chi connectivity index (χ0v) is 13.5. The van der Waals surface area contributed by atoms with E-state index in [0.717, 1.165) is 24.2 Å². The molecular weight excluding hydrogens is 265 g/mol. The Morgan fingerprint density at radius 1 is 1.33 bits per heavy atom. The first-order valence-electron chi connectivity index (χ1n) is 7.67. The van der Waals surface area contributed by atoms with Crippen molar-refractivity contribution in [2.45, 2.75) is 52.6 Å². The van der Waals surface area contributed by atoms with Gasteiger partial charge >= 0.3 is 0 Å². The first kappa shape index (κ1) is 17.5. The second kappa shape index (κ2) is 8.63. The third-order valence-corrected chi connectivity index (χ3v) is 3.55. The van der Waals surface area contributed by atoms with Gasteiger partial charge in [0.15, 0.2) is 0 Å². The minimum atomic E-state index is -0.220. The molecule has 4 heteroatoms. The number of anilines is 1. The first-order valence-corrected chi connectivity index (χ1v) is 7.67. The van der Waals surface area contributed by atoms with Crippen LogP contribution in [0.15, 0.2) is 18.2 Å². The Balaban J connectivity index is 3.11. The van der Waals surface area contributed by atoms with E-state index in [-0.39, 0.29) is 17.9 Å². The van der Waals surface area contributed by atoms with Gasteiger partial charge in [-0.15, -0.1) is 0 Å².